The van der Waals surface area contributed by atoms with E-state index in [-0.39, 0.29) is 18.0 Å². The number of nitrogens with zero attached hydrogens (tertiary/aromatic N) is 1. The van der Waals surface area contributed by atoms with Crippen LogP contribution in [-0.4, -0.2) is 29.4 Å². The summed E-state index contributed by atoms with van der Waals surface area (Å²) < 4.78 is 0.988. The number of carbonyl (C=O) groups excluding carboxylic acids is 1. The molecule has 1 fully saturated rings. The number of nitrogens with two attached hydrogens (primary N) is 1. The van der Waals surface area contributed by atoms with Gasteiger partial charge >= 0.3 is 0 Å². The number of hydrogen-bond acceptors (Lipinski definition) is 3. The van der Waals surface area contributed by atoms with Crippen LogP contribution >= 0.6 is 27.3 Å². The van der Waals surface area contributed by atoms with Gasteiger partial charge in [-0.3, -0.25) is 4.79 Å². The molecule has 1 amide bonds. The zero-order valence-corrected chi connectivity index (χ0v) is 10.8. The van der Waals surface area contributed by atoms with E-state index in [0.29, 0.717) is 0 Å². The largest absolute Gasteiger partial charge is 0.334 e. The first-order valence-electron chi connectivity index (χ1n) is 4.91. The van der Waals surface area contributed by atoms with E-state index >= 15 is 0 Å². The number of amides is 1. The van der Waals surface area contributed by atoms with Gasteiger partial charge in [-0.05, 0) is 41.4 Å². The Kier molecular flexibility index (Phi) is 3.13. The summed E-state index contributed by atoms with van der Waals surface area (Å²) in [7, 11) is 0. The molecule has 2 heterocycles. The van der Waals surface area contributed by atoms with E-state index in [1.54, 1.807) is 0 Å². The molecule has 1 aromatic heterocycles. The second kappa shape index (κ2) is 4.23. The van der Waals surface area contributed by atoms with Gasteiger partial charge in [0.1, 0.15) is 0 Å². The molecule has 0 aromatic carbocycles. The van der Waals surface area contributed by atoms with Crippen molar-refractivity contribution in [2.24, 2.45) is 5.73 Å². The minimum atomic E-state index is 0.103. The maximum absolute atomic E-state index is 12.1. The first-order chi connectivity index (χ1) is 7.09. The first-order valence-corrected chi connectivity index (χ1v) is 6.52. The average molecular weight is 289 g/mol. The quantitative estimate of drug-likeness (QED) is 0.860. The Labute approximate surface area is 101 Å². The second-order valence-corrected chi connectivity index (χ2v) is 6.26. The highest BCUT2D eigenvalue weighted by Gasteiger charge is 2.32. The van der Waals surface area contributed by atoms with Gasteiger partial charge in [0.2, 0.25) is 0 Å². The third-order valence-electron chi connectivity index (χ3n) is 2.86. The molecular weight excluding hydrogens is 276 g/mol. The zero-order valence-electron chi connectivity index (χ0n) is 8.44. The van der Waals surface area contributed by atoms with Gasteiger partial charge in [-0.2, -0.15) is 0 Å². The minimum Gasteiger partial charge on any atom is -0.334 e. The molecule has 1 aliphatic rings. The first kappa shape index (κ1) is 11.1. The van der Waals surface area contributed by atoms with Crippen molar-refractivity contribution < 1.29 is 4.79 Å². The number of halogens is 1. The lowest BCUT2D eigenvalue weighted by Crippen LogP contribution is -2.40. The Morgan fingerprint density at radius 2 is 2.40 bits per heavy atom. The van der Waals surface area contributed by atoms with E-state index in [0.717, 1.165) is 21.6 Å². The second-order valence-electron chi connectivity index (χ2n) is 3.80. The van der Waals surface area contributed by atoms with E-state index in [2.05, 4.69) is 15.9 Å². The molecule has 2 atom stereocenters. The van der Waals surface area contributed by atoms with Crippen molar-refractivity contribution in [3.8, 4) is 0 Å². The predicted octanol–water partition coefficient (Wildman–Crippen LogP) is 2.07. The molecule has 1 aromatic rings. The van der Waals surface area contributed by atoms with E-state index in [1.807, 2.05) is 24.0 Å². The molecule has 2 unspecified atom stereocenters. The molecule has 5 heteroatoms. The molecule has 2 N–H and O–H groups in total. The van der Waals surface area contributed by atoms with Gasteiger partial charge in [-0.25, -0.2) is 0 Å². The topological polar surface area (TPSA) is 46.3 Å². The molecule has 2 rings (SSSR count). The number of likely N-dealkylation sites (tertiary alicyclic amines) is 1. The van der Waals surface area contributed by atoms with Gasteiger partial charge in [-0.1, -0.05) is 0 Å². The van der Waals surface area contributed by atoms with Crippen molar-refractivity contribution >= 4 is 33.2 Å². The molecule has 1 aliphatic heterocycles. The fraction of sp³-hybridized carbons (Fsp3) is 0.500. The molecular formula is C10H13BrN2OS. The molecule has 3 nitrogen and oxygen atoms in total. The van der Waals surface area contributed by atoms with Gasteiger partial charge in [0, 0.05) is 18.6 Å². The molecule has 0 saturated carbocycles. The van der Waals surface area contributed by atoms with Crippen LogP contribution in [0.3, 0.4) is 0 Å². The fourth-order valence-electron chi connectivity index (χ4n) is 1.82. The number of carbonyl (C=O) groups is 1. The van der Waals surface area contributed by atoms with Crippen LogP contribution in [0.5, 0.6) is 0 Å². The Morgan fingerprint density at radius 1 is 1.67 bits per heavy atom. The van der Waals surface area contributed by atoms with E-state index in [4.69, 9.17) is 5.73 Å². The number of rotatable bonds is 1. The smallest absolute Gasteiger partial charge is 0.264 e. The normalized spacial score (nSPS) is 25.9. The van der Waals surface area contributed by atoms with Crippen LogP contribution in [0, 0.1) is 0 Å². The van der Waals surface area contributed by atoms with E-state index < -0.39 is 0 Å². The van der Waals surface area contributed by atoms with E-state index in [9.17, 15) is 4.79 Å². The van der Waals surface area contributed by atoms with Gasteiger partial charge in [0.25, 0.3) is 5.91 Å². The van der Waals surface area contributed by atoms with Crippen molar-refractivity contribution in [2.45, 2.75) is 25.4 Å². The maximum Gasteiger partial charge on any atom is 0.264 e. The highest BCUT2D eigenvalue weighted by molar-refractivity contribution is 9.11. The molecule has 82 valence electrons. The Morgan fingerprint density at radius 3 is 2.87 bits per heavy atom. The summed E-state index contributed by atoms with van der Waals surface area (Å²) in [4.78, 5) is 14.7. The molecule has 0 bridgehead atoms. The highest BCUT2D eigenvalue weighted by atomic mass is 79.9. The van der Waals surface area contributed by atoms with Crippen LogP contribution in [-0.2, 0) is 0 Å². The zero-order chi connectivity index (χ0) is 11.0. The third-order valence-corrected chi connectivity index (χ3v) is 4.47. The summed E-state index contributed by atoms with van der Waals surface area (Å²) in [6, 6.07) is 4.03. The lowest BCUT2D eigenvalue weighted by atomic mass is 10.2. The summed E-state index contributed by atoms with van der Waals surface area (Å²) >= 11 is 4.83. The molecule has 1 saturated heterocycles. The van der Waals surface area contributed by atoms with Crippen LogP contribution in [0.1, 0.15) is 23.0 Å². The van der Waals surface area contributed by atoms with Crippen molar-refractivity contribution in [1.29, 1.82) is 0 Å². The molecule has 0 spiro atoms. The van der Waals surface area contributed by atoms with Crippen LogP contribution < -0.4 is 5.73 Å². The summed E-state index contributed by atoms with van der Waals surface area (Å²) in [5, 5.41) is 0. The summed E-state index contributed by atoms with van der Waals surface area (Å²) in [6.45, 7) is 2.79. The summed E-state index contributed by atoms with van der Waals surface area (Å²) in [5.41, 5.74) is 5.89. The van der Waals surface area contributed by atoms with Crippen LogP contribution in [0.25, 0.3) is 0 Å². The summed E-state index contributed by atoms with van der Waals surface area (Å²) in [5.74, 6) is 0.103. The van der Waals surface area contributed by atoms with Crippen molar-refractivity contribution in [2.75, 3.05) is 6.54 Å². The fourth-order valence-corrected chi connectivity index (χ4v) is 3.16. The Balaban J connectivity index is 2.15. The van der Waals surface area contributed by atoms with Gasteiger partial charge < -0.3 is 10.6 Å². The molecule has 15 heavy (non-hydrogen) atoms. The van der Waals surface area contributed by atoms with Crippen LogP contribution in [0.15, 0.2) is 15.9 Å². The Bertz CT molecular complexity index is 379. The molecule has 0 radical (unpaired) electrons. The Hall–Kier alpha value is -0.390. The van der Waals surface area contributed by atoms with E-state index in [1.165, 1.54) is 11.3 Å². The summed E-state index contributed by atoms with van der Waals surface area (Å²) in [6.07, 6.45) is 0.902. The maximum atomic E-state index is 12.1. The van der Waals surface area contributed by atoms with Crippen LogP contribution in [0.4, 0.5) is 0 Å². The van der Waals surface area contributed by atoms with Crippen molar-refractivity contribution in [3.63, 3.8) is 0 Å². The number of thiophene rings is 1. The predicted molar refractivity (Wildman–Crippen MR) is 65.1 cm³/mol. The van der Waals surface area contributed by atoms with Crippen LogP contribution in [0.2, 0.25) is 0 Å². The minimum absolute atomic E-state index is 0.103. The van der Waals surface area contributed by atoms with Gasteiger partial charge in [-0.15, -0.1) is 11.3 Å². The number of hydrogen-bond donors (Lipinski definition) is 1. The third kappa shape index (κ3) is 2.09. The SMILES string of the molecule is CC1C(N)CCN1C(=O)c1ccc(Br)s1. The van der Waals surface area contributed by atoms with Gasteiger partial charge in [0.05, 0.1) is 8.66 Å². The lowest BCUT2D eigenvalue weighted by molar-refractivity contribution is 0.0747. The average Bonchev–Trinajstić information content (AvgIpc) is 2.75. The molecule has 0 aliphatic carbocycles. The highest BCUT2D eigenvalue weighted by Crippen LogP contribution is 2.26. The standard InChI is InChI=1S/C10H13BrN2OS/c1-6-7(12)4-5-13(6)10(14)8-2-3-9(11)15-8/h2-3,6-7H,4-5,12H2,1H3. The monoisotopic (exact) mass is 288 g/mol. The van der Waals surface area contributed by atoms with Crippen molar-refractivity contribution in [1.82, 2.24) is 4.90 Å². The lowest BCUT2D eigenvalue weighted by Gasteiger charge is -2.22. The van der Waals surface area contributed by atoms with Gasteiger partial charge in [0.15, 0.2) is 0 Å². The van der Waals surface area contributed by atoms with Crippen molar-refractivity contribution in [3.05, 3.63) is 20.8 Å².